The third kappa shape index (κ3) is 2.54. The van der Waals surface area contributed by atoms with Gasteiger partial charge in [-0.15, -0.1) is 0 Å². The van der Waals surface area contributed by atoms with Gasteiger partial charge in [-0.3, -0.25) is 0 Å². The molecule has 24 heavy (non-hydrogen) atoms. The van der Waals surface area contributed by atoms with E-state index in [1.54, 1.807) is 0 Å². The summed E-state index contributed by atoms with van der Waals surface area (Å²) in [6.07, 6.45) is 0. The molecule has 1 aromatic heterocycles. The number of hydrogen-bond acceptors (Lipinski definition) is 3. The molecule has 4 aromatic rings. The second-order valence-corrected chi connectivity index (χ2v) is 5.99. The van der Waals surface area contributed by atoms with Crippen LogP contribution >= 0.6 is 0 Å². The molecule has 0 aliphatic heterocycles. The highest BCUT2D eigenvalue weighted by atomic mass is 16.4. The lowest BCUT2D eigenvalue weighted by Gasteiger charge is -2.06. The Hall–Kier alpha value is -3.07. The summed E-state index contributed by atoms with van der Waals surface area (Å²) in [5.41, 5.74) is 6.33. The van der Waals surface area contributed by atoms with E-state index < -0.39 is 0 Å². The second-order valence-electron chi connectivity index (χ2n) is 5.99. The van der Waals surface area contributed by atoms with Gasteiger partial charge >= 0.3 is 0 Å². The van der Waals surface area contributed by atoms with Crippen LogP contribution in [-0.4, -0.2) is 19.1 Å². The predicted octanol–water partition coefficient (Wildman–Crippen LogP) is 5.23. The van der Waals surface area contributed by atoms with Crippen molar-refractivity contribution < 1.29 is 4.42 Å². The van der Waals surface area contributed by atoms with Crippen LogP contribution in [0.1, 0.15) is 0 Å². The third-order valence-electron chi connectivity index (χ3n) is 4.07. The zero-order chi connectivity index (χ0) is 16.5. The SMILES string of the molecule is CN(C)c1nc2c(-c3cccc(-c4ccccc4)c3)cccc2o1. The van der Waals surface area contributed by atoms with E-state index in [9.17, 15) is 0 Å². The van der Waals surface area contributed by atoms with Gasteiger partial charge in [-0.25, -0.2) is 0 Å². The molecule has 0 saturated heterocycles. The highest BCUT2D eigenvalue weighted by Crippen LogP contribution is 2.32. The molecular weight excluding hydrogens is 296 g/mol. The van der Waals surface area contributed by atoms with Crippen LogP contribution in [0.15, 0.2) is 77.2 Å². The predicted molar refractivity (Wildman–Crippen MR) is 99.2 cm³/mol. The van der Waals surface area contributed by atoms with Gasteiger partial charge in [0.25, 0.3) is 6.01 Å². The summed E-state index contributed by atoms with van der Waals surface area (Å²) in [6, 6.07) is 25.6. The average molecular weight is 314 g/mol. The largest absolute Gasteiger partial charge is 0.423 e. The number of hydrogen-bond donors (Lipinski definition) is 0. The first-order chi connectivity index (χ1) is 11.7. The van der Waals surface area contributed by atoms with Gasteiger partial charge in [0.05, 0.1) is 0 Å². The van der Waals surface area contributed by atoms with E-state index in [0.717, 1.165) is 22.2 Å². The van der Waals surface area contributed by atoms with Gasteiger partial charge in [-0.1, -0.05) is 60.7 Å². The maximum absolute atomic E-state index is 5.82. The molecule has 3 nitrogen and oxygen atoms in total. The van der Waals surface area contributed by atoms with E-state index in [1.165, 1.54) is 11.1 Å². The van der Waals surface area contributed by atoms with E-state index >= 15 is 0 Å². The van der Waals surface area contributed by atoms with Crippen LogP contribution in [0.3, 0.4) is 0 Å². The van der Waals surface area contributed by atoms with Gasteiger partial charge in [-0.2, -0.15) is 4.98 Å². The lowest BCUT2D eigenvalue weighted by atomic mass is 9.98. The maximum atomic E-state index is 5.82. The Morgan fingerprint density at radius 3 is 2.25 bits per heavy atom. The fraction of sp³-hybridized carbons (Fsp3) is 0.0952. The van der Waals surface area contributed by atoms with E-state index in [-0.39, 0.29) is 0 Å². The van der Waals surface area contributed by atoms with E-state index in [0.29, 0.717) is 6.01 Å². The molecule has 3 aromatic carbocycles. The summed E-state index contributed by atoms with van der Waals surface area (Å²) in [5.74, 6) is 0. The molecule has 0 amide bonds. The van der Waals surface area contributed by atoms with Crippen molar-refractivity contribution in [1.29, 1.82) is 0 Å². The summed E-state index contributed by atoms with van der Waals surface area (Å²) in [6.45, 7) is 0. The molecule has 1 heterocycles. The number of nitrogens with zero attached hydrogens (tertiary/aromatic N) is 2. The number of para-hydroxylation sites is 1. The topological polar surface area (TPSA) is 29.3 Å². The Bertz CT molecular complexity index is 987. The van der Waals surface area contributed by atoms with Gasteiger partial charge in [0.1, 0.15) is 5.52 Å². The minimum absolute atomic E-state index is 0.622. The molecule has 4 rings (SSSR count). The Morgan fingerprint density at radius 1 is 0.750 bits per heavy atom. The molecule has 0 atom stereocenters. The van der Waals surface area contributed by atoms with Crippen molar-refractivity contribution in [2.24, 2.45) is 0 Å². The molecule has 0 radical (unpaired) electrons. The second kappa shape index (κ2) is 5.85. The zero-order valence-electron chi connectivity index (χ0n) is 13.7. The molecule has 0 saturated carbocycles. The molecule has 0 spiro atoms. The Labute approximate surface area is 141 Å². The molecule has 0 bridgehead atoms. The van der Waals surface area contributed by atoms with Gasteiger partial charge in [0, 0.05) is 19.7 Å². The van der Waals surface area contributed by atoms with Crippen LogP contribution in [-0.2, 0) is 0 Å². The van der Waals surface area contributed by atoms with Crippen LogP contribution in [0.5, 0.6) is 0 Å². The highest BCUT2D eigenvalue weighted by Gasteiger charge is 2.12. The van der Waals surface area contributed by atoms with E-state index in [2.05, 4.69) is 59.6 Å². The van der Waals surface area contributed by atoms with Crippen LogP contribution in [0.25, 0.3) is 33.4 Å². The summed E-state index contributed by atoms with van der Waals surface area (Å²) >= 11 is 0. The summed E-state index contributed by atoms with van der Waals surface area (Å²) in [5, 5.41) is 0. The Morgan fingerprint density at radius 2 is 1.46 bits per heavy atom. The van der Waals surface area contributed by atoms with Gasteiger partial charge in [-0.05, 0) is 28.8 Å². The lowest BCUT2D eigenvalue weighted by Crippen LogP contribution is -2.08. The number of anilines is 1. The highest BCUT2D eigenvalue weighted by molar-refractivity contribution is 5.92. The van der Waals surface area contributed by atoms with Crippen LogP contribution in [0.4, 0.5) is 6.01 Å². The van der Waals surface area contributed by atoms with Crippen LogP contribution in [0.2, 0.25) is 0 Å². The summed E-state index contributed by atoms with van der Waals surface area (Å²) in [7, 11) is 3.86. The van der Waals surface area contributed by atoms with E-state index in [4.69, 9.17) is 4.42 Å². The first-order valence-electron chi connectivity index (χ1n) is 7.95. The normalized spacial score (nSPS) is 10.9. The molecule has 3 heteroatoms. The minimum atomic E-state index is 0.622. The number of rotatable bonds is 3. The van der Waals surface area contributed by atoms with Gasteiger partial charge in [0.15, 0.2) is 5.58 Å². The molecule has 0 aliphatic rings. The van der Waals surface area contributed by atoms with Crippen LogP contribution in [0, 0.1) is 0 Å². The van der Waals surface area contributed by atoms with Crippen molar-refractivity contribution in [3.8, 4) is 22.3 Å². The van der Waals surface area contributed by atoms with E-state index in [1.807, 2.05) is 37.2 Å². The smallest absolute Gasteiger partial charge is 0.297 e. The number of aromatic nitrogens is 1. The minimum Gasteiger partial charge on any atom is -0.423 e. The van der Waals surface area contributed by atoms with Crippen molar-refractivity contribution in [3.63, 3.8) is 0 Å². The first-order valence-corrected chi connectivity index (χ1v) is 7.95. The lowest BCUT2D eigenvalue weighted by molar-refractivity contribution is 0.597. The standard InChI is InChI=1S/C21H18N2O/c1-23(2)21-22-20-18(12-7-13-19(20)24-21)17-11-6-10-16(14-17)15-8-4-3-5-9-15/h3-14H,1-2H3. The fourth-order valence-corrected chi connectivity index (χ4v) is 2.86. The third-order valence-corrected chi connectivity index (χ3v) is 4.07. The van der Waals surface area contributed by atoms with Crippen molar-refractivity contribution in [3.05, 3.63) is 72.8 Å². The van der Waals surface area contributed by atoms with Crippen molar-refractivity contribution in [2.45, 2.75) is 0 Å². The van der Waals surface area contributed by atoms with Crippen molar-refractivity contribution in [2.75, 3.05) is 19.0 Å². The summed E-state index contributed by atoms with van der Waals surface area (Å²) in [4.78, 5) is 6.53. The van der Waals surface area contributed by atoms with Crippen molar-refractivity contribution >= 4 is 17.1 Å². The molecular formula is C21H18N2O. The number of fused-ring (bicyclic) bond motifs is 1. The quantitative estimate of drug-likeness (QED) is 0.518. The number of benzene rings is 3. The molecule has 0 unspecified atom stereocenters. The Kier molecular flexibility index (Phi) is 3.54. The van der Waals surface area contributed by atoms with Crippen LogP contribution < -0.4 is 4.90 Å². The molecule has 0 aliphatic carbocycles. The Balaban J connectivity index is 1.86. The molecule has 0 N–H and O–H groups in total. The maximum Gasteiger partial charge on any atom is 0.297 e. The molecule has 0 fully saturated rings. The molecule has 118 valence electrons. The first kappa shape index (κ1) is 14.5. The van der Waals surface area contributed by atoms with Gasteiger partial charge < -0.3 is 9.32 Å². The zero-order valence-corrected chi connectivity index (χ0v) is 13.7. The van der Waals surface area contributed by atoms with Gasteiger partial charge in [0.2, 0.25) is 0 Å². The van der Waals surface area contributed by atoms with Crippen molar-refractivity contribution in [1.82, 2.24) is 4.98 Å². The monoisotopic (exact) mass is 314 g/mol. The fourth-order valence-electron chi connectivity index (χ4n) is 2.86. The number of oxazole rings is 1. The average Bonchev–Trinajstić information content (AvgIpc) is 3.07. The summed E-state index contributed by atoms with van der Waals surface area (Å²) < 4.78 is 5.82.